The zero-order valence-electron chi connectivity index (χ0n) is 11.8. The third-order valence-electron chi connectivity index (χ3n) is 3.66. The van der Waals surface area contributed by atoms with Gasteiger partial charge in [0, 0.05) is 12.4 Å². The molecule has 110 valence electrons. The molecular weight excluding hydrogens is 288 g/mol. The van der Waals surface area contributed by atoms with Crippen LogP contribution in [0.15, 0.2) is 9.42 Å². The van der Waals surface area contributed by atoms with Gasteiger partial charge in [-0.2, -0.15) is 0 Å². The van der Waals surface area contributed by atoms with Crippen LogP contribution in [-0.2, 0) is 10.0 Å². The van der Waals surface area contributed by atoms with Gasteiger partial charge in [-0.15, -0.1) is 11.6 Å². The van der Waals surface area contributed by atoms with Crippen molar-refractivity contribution in [2.75, 3.05) is 12.4 Å². The van der Waals surface area contributed by atoms with Crippen molar-refractivity contribution in [2.24, 2.45) is 5.41 Å². The second-order valence-electron chi connectivity index (χ2n) is 4.82. The molecule has 0 saturated carbocycles. The zero-order valence-corrected chi connectivity index (χ0v) is 13.4. The second kappa shape index (κ2) is 6.24. The van der Waals surface area contributed by atoms with Crippen molar-refractivity contribution in [2.45, 2.75) is 45.4 Å². The predicted octanol–water partition coefficient (Wildman–Crippen LogP) is 2.61. The van der Waals surface area contributed by atoms with E-state index in [9.17, 15) is 8.42 Å². The fourth-order valence-electron chi connectivity index (χ4n) is 1.91. The van der Waals surface area contributed by atoms with Crippen molar-refractivity contribution < 1.29 is 12.9 Å². The molecule has 0 unspecified atom stereocenters. The highest BCUT2D eigenvalue weighted by molar-refractivity contribution is 7.89. The van der Waals surface area contributed by atoms with Crippen LogP contribution in [0.3, 0.4) is 0 Å². The van der Waals surface area contributed by atoms with Crippen molar-refractivity contribution in [3.8, 4) is 0 Å². The lowest BCUT2D eigenvalue weighted by molar-refractivity contribution is 0.304. The van der Waals surface area contributed by atoms with E-state index < -0.39 is 10.0 Å². The van der Waals surface area contributed by atoms with Crippen LogP contribution >= 0.6 is 11.6 Å². The van der Waals surface area contributed by atoms with Gasteiger partial charge < -0.3 is 4.52 Å². The number of sulfonamides is 1. The molecule has 0 bridgehead atoms. The maximum atomic E-state index is 12.3. The molecule has 1 aromatic rings. The van der Waals surface area contributed by atoms with Crippen LogP contribution in [0.25, 0.3) is 0 Å². The lowest BCUT2D eigenvalue weighted by Crippen LogP contribution is -2.38. The Kier molecular flexibility index (Phi) is 5.41. The number of hydrogen-bond acceptors (Lipinski definition) is 4. The SMILES string of the molecule is CCC(CC)(CCl)CNS(=O)(=O)c1c(C)noc1C. The van der Waals surface area contributed by atoms with Crippen molar-refractivity contribution >= 4 is 21.6 Å². The van der Waals surface area contributed by atoms with Gasteiger partial charge in [-0.3, -0.25) is 0 Å². The number of nitrogens with one attached hydrogen (secondary N) is 1. The van der Waals surface area contributed by atoms with Crippen LogP contribution in [0.1, 0.15) is 38.1 Å². The van der Waals surface area contributed by atoms with E-state index in [-0.39, 0.29) is 10.3 Å². The number of alkyl halides is 1. The van der Waals surface area contributed by atoms with E-state index in [0.29, 0.717) is 23.9 Å². The summed E-state index contributed by atoms with van der Waals surface area (Å²) in [6.45, 7) is 7.53. The highest BCUT2D eigenvalue weighted by Crippen LogP contribution is 2.28. The van der Waals surface area contributed by atoms with Crippen LogP contribution in [0, 0.1) is 19.3 Å². The summed E-state index contributed by atoms with van der Waals surface area (Å²) in [5.41, 5.74) is 0.155. The van der Waals surface area contributed by atoms with Gasteiger partial charge in [0.05, 0.1) is 0 Å². The minimum atomic E-state index is -3.61. The first-order valence-corrected chi connectivity index (χ1v) is 8.32. The average molecular weight is 309 g/mol. The average Bonchev–Trinajstić information content (AvgIpc) is 2.72. The highest BCUT2D eigenvalue weighted by Gasteiger charge is 2.30. The van der Waals surface area contributed by atoms with E-state index in [0.717, 1.165) is 12.8 Å². The van der Waals surface area contributed by atoms with Gasteiger partial charge >= 0.3 is 0 Å². The smallest absolute Gasteiger partial charge is 0.245 e. The summed E-state index contributed by atoms with van der Waals surface area (Å²) >= 11 is 5.98. The second-order valence-corrected chi connectivity index (χ2v) is 6.79. The first kappa shape index (κ1) is 16.5. The maximum Gasteiger partial charge on any atom is 0.245 e. The van der Waals surface area contributed by atoms with Crippen molar-refractivity contribution in [1.82, 2.24) is 9.88 Å². The molecule has 0 radical (unpaired) electrons. The van der Waals surface area contributed by atoms with Gasteiger partial charge in [0.1, 0.15) is 10.6 Å². The van der Waals surface area contributed by atoms with Gasteiger partial charge in [0.25, 0.3) is 0 Å². The van der Waals surface area contributed by atoms with Crippen LogP contribution < -0.4 is 4.72 Å². The summed E-state index contributed by atoms with van der Waals surface area (Å²) in [6.07, 6.45) is 1.63. The van der Waals surface area contributed by atoms with E-state index in [1.54, 1.807) is 13.8 Å². The highest BCUT2D eigenvalue weighted by atomic mass is 35.5. The summed E-state index contributed by atoms with van der Waals surface area (Å²) in [7, 11) is -3.61. The molecule has 0 amide bonds. The summed E-state index contributed by atoms with van der Waals surface area (Å²) in [4.78, 5) is 0.128. The molecule has 0 atom stereocenters. The summed E-state index contributed by atoms with van der Waals surface area (Å²) in [6, 6.07) is 0. The minimum absolute atomic E-state index is 0.128. The molecule has 0 fully saturated rings. The molecule has 1 N–H and O–H groups in total. The Labute approximate surface area is 119 Å². The molecule has 5 nitrogen and oxygen atoms in total. The molecule has 1 rings (SSSR count). The molecule has 0 spiro atoms. The van der Waals surface area contributed by atoms with Gasteiger partial charge in [0.15, 0.2) is 5.76 Å². The Bertz CT molecular complexity index is 493. The third kappa shape index (κ3) is 3.49. The topological polar surface area (TPSA) is 72.2 Å². The number of aromatic nitrogens is 1. The molecular formula is C12H21ClN2O3S. The van der Waals surface area contributed by atoms with Gasteiger partial charge in [-0.25, -0.2) is 13.1 Å². The standard InChI is InChI=1S/C12H21ClN2O3S/c1-5-12(6-2,7-13)8-14-19(16,17)11-9(3)15-18-10(11)4/h14H,5-8H2,1-4H3. The molecule has 1 aromatic heterocycles. The van der Waals surface area contributed by atoms with E-state index in [1.807, 2.05) is 13.8 Å². The van der Waals surface area contributed by atoms with Crippen LogP contribution in [0.5, 0.6) is 0 Å². The fourth-order valence-corrected chi connectivity index (χ4v) is 3.87. The number of aryl methyl sites for hydroxylation is 2. The molecule has 0 saturated heterocycles. The summed E-state index contributed by atoms with van der Waals surface area (Å²) in [5.74, 6) is 0.721. The Morgan fingerprint density at radius 3 is 2.26 bits per heavy atom. The molecule has 7 heteroatoms. The lowest BCUT2D eigenvalue weighted by Gasteiger charge is -2.29. The number of halogens is 1. The largest absolute Gasteiger partial charge is 0.360 e. The normalized spacial score (nSPS) is 12.9. The first-order valence-electron chi connectivity index (χ1n) is 6.30. The van der Waals surface area contributed by atoms with Crippen LogP contribution in [0.4, 0.5) is 0 Å². The van der Waals surface area contributed by atoms with E-state index in [1.165, 1.54) is 0 Å². The lowest BCUT2D eigenvalue weighted by atomic mass is 9.85. The van der Waals surface area contributed by atoms with Gasteiger partial charge in [-0.1, -0.05) is 19.0 Å². The Hall–Kier alpha value is -0.590. The molecule has 19 heavy (non-hydrogen) atoms. The maximum absolute atomic E-state index is 12.3. The minimum Gasteiger partial charge on any atom is -0.360 e. The molecule has 0 aliphatic carbocycles. The van der Waals surface area contributed by atoms with Gasteiger partial charge in [0.2, 0.25) is 10.0 Å². The number of nitrogens with zero attached hydrogens (tertiary/aromatic N) is 1. The van der Waals surface area contributed by atoms with Crippen molar-refractivity contribution in [1.29, 1.82) is 0 Å². The van der Waals surface area contributed by atoms with Crippen molar-refractivity contribution in [3.63, 3.8) is 0 Å². The quantitative estimate of drug-likeness (QED) is 0.786. The predicted molar refractivity (Wildman–Crippen MR) is 74.9 cm³/mol. The van der Waals surface area contributed by atoms with E-state index >= 15 is 0 Å². The third-order valence-corrected chi connectivity index (χ3v) is 5.87. The summed E-state index contributed by atoms with van der Waals surface area (Å²) in [5, 5.41) is 3.67. The van der Waals surface area contributed by atoms with Crippen molar-refractivity contribution in [3.05, 3.63) is 11.5 Å². The Balaban J connectivity index is 2.93. The van der Waals surface area contributed by atoms with Crippen LogP contribution in [0.2, 0.25) is 0 Å². The van der Waals surface area contributed by atoms with Crippen LogP contribution in [-0.4, -0.2) is 26.0 Å². The molecule has 0 aliphatic heterocycles. The van der Waals surface area contributed by atoms with E-state index in [2.05, 4.69) is 9.88 Å². The Morgan fingerprint density at radius 2 is 1.89 bits per heavy atom. The van der Waals surface area contributed by atoms with Gasteiger partial charge in [-0.05, 0) is 32.1 Å². The van der Waals surface area contributed by atoms with E-state index in [4.69, 9.17) is 16.1 Å². The summed E-state index contributed by atoms with van der Waals surface area (Å²) < 4.78 is 32.1. The monoisotopic (exact) mass is 308 g/mol. The molecule has 0 aliphatic rings. The zero-order chi connectivity index (χ0) is 14.7. The molecule has 0 aromatic carbocycles. The fraction of sp³-hybridized carbons (Fsp3) is 0.750. The molecule has 1 heterocycles. The number of rotatable bonds is 7. The Morgan fingerprint density at radius 1 is 1.32 bits per heavy atom. The number of hydrogen-bond donors (Lipinski definition) is 1. The first-order chi connectivity index (χ1) is 8.82.